The van der Waals surface area contributed by atoms with Gasteiger partial charge in [-0.2, -0.15) is 0 Å². The Morgan fingerprint density at radius 3 is 2.76 bits per heavy atom. The normalized spacial score (nSPS) is 16.5. The number of hydrogen-bond donors (Lipinski definition) is 2. The first-order chi connectivity index (χ1) is 8.08. The predicted octanol–water partition coefficient (Wildman–Crippen LogP) is 1.57. The standard InChI is InChI=1S/C12H15NO4/c1-7-9(4-5-17-7)11(14)13-10(12(15)16)6-8-2-3-8/h4-5,8,10H,2-3,6H2,1H3,(H,13,14)(H,15,16). The van der Waals surface area contributed by atoms with Crippen molar-refractivity contribution in [2.24, 2.45) is 5.92 Å². The second kappa shape index (κ2) is 4.61. The number of furan rings is 1. The fraction of sp³-hybridized carbons (Fsp3) is 0.500. The SMILES string of the molecule is Cc1occc1C(=O)NC(CC1CC1)C(=O)O. The van der Waals surface area contributed by atoms with Crippen LogP contribution in [0.15, 0.2) is 16.7 Å². The fourth-order valence-electron chi connectivity index (χ4n) is 1.76. The van der Waals surface area contributed by atoms with Crippen LogP contribution in [0.5, 0.6) is 0 Å². The van der Waals surface area contributed by atoms with E-state index in [1.165, 1.54) is 6.26 Å². The van der Waals surface area contributed by atoms with Gasteiger partial charge in [0.05, 0.1) is 11.8 Å². The summed E-state index contributed by atoms with van der Waals surface area (Å²) >= 11 is 0. The van der Waals surface area contributed by atoms with Gasteiger partial charge < -0.3 is 14.8 Å². The summed E-state index contributed by atoms with van der Waals surface area (Å²) in [5.41, 5.74) is 0.395. The summed E-state index contributed by atoms with van der Waals surface area (Å²) in [6.45, 7) is 1.67. The van der Waals surface area contributed by atoms with Crippen molar-refractivity contribution in [1.82, 2.24) is 5.32 Å². The Labute approximate surface area is 98.8 Å². The van der Waals surface area contributed by atoms with Crippen LogP contribution in [-0.2, 0) is 4.79 Å². The van der Waals surface area contributed by atoms with Crippen LogP contribution in [0.1, 0.15) is 35.4 Å². The third kappa shape index (κ3) is 2.87. The molecule has 5 heteroatoms. The van der Waals surface area contributed by atoms with Crippen molar-refractivity contribution in [3.63, 3.8) is 0 Å². The highest BCUT2D eigenvalue weighted by molar-refractivity contribution is 5.97. The zero-order chi connectivity index (χ0) is 12.4. The number of hydrogen-bond acceptors (Lipinski definition) is 3. The van der Waals surface area contributed by atoms with E-state index in [9.17, 15) is 9.59 Å². The van der Waals surface area contributed by atoms with E-state index < -0.39 is 12.0 Å². The summed E-state index contributed by atoms with van der Waals surface area (Å²) < 4.78 is 5.01. The van der Waals surface area contributed by atoms with Crippen molar-refractivity contribution in [1.29, 1.82) is 0 Å². The van der Waals surface area contributed by atoms with Crippen LogP contribution >= 0.6 is 0 Å². The molecule has 1 amide bonds. The number of nitrogens with one attached hydrogen (secondary N) is 1. The van der Waals surface area contributed by atoms with E-state index in [4.69, 9.17) is 9.52 Å². The Morgan fingerprint density at radius 1 is 1.59 bits per heavy atom. The van der Waals surface area contributed by atoms with Gasteiger partial charge in [-0.15, -0.1) is 0 Å². The maximum atomic E-state index is 11.8. The van der Waals surface area contributed by atoms with Crippen LogP contribution in [0.4, 0.5) is 0 Å². The van der Waals surface area contributed by atoms with E-state index in [1.807, 2.05) is 0 Å². The maximum Gasteiger partial charge on any atom is 0.326 e. The van der Waals surface area contributed by atoms with Crippen molar-refractivity contribution >= 4 is 11.9 Å². The summed E-state index contributed by atoms with van der Waals surface area (Å²) in [6.07, 6.45) is 4.05. The van der Waals surface area contributed by atoms with E-state index in [0.29, 0.717) is 23.7 Å². The largest absolute Gasteiger partial charge is 0.480 e. The average molecular weight is 237 g/mol. The minimum atomic E-state index is -0.980. The minimum absolute atomic E-state index is 0.385. The first-order valence-corrected chi connectivity index (χ1v) is 5.65. The molecule has 0 bridgehead atoms. The molecule has 1 aromatic heterocycles. The van der Waals surface area contributed by atoms with E-state index in [-0.39, 0.29) is 5.91 Å². The molecular formula is C12H15NO4. The molecule has 2 rings (SSSR count). The molecule has 1 atom stereocenters. The highest BCUT2D eigenvalue weighted by Crippen LogP contribution is 2.33. The lowest BCUT2D eigenvalue weighted by Gasteiger charge is -2.13. The molecule has 1 aromatic rings. The van der Waals surface area contributed by atoms with Crippen molar-refractivity contribution in [3.05, 3.63) is 23.7 Å². The zero-order valence-electron chi connectivity index (χ0n) is 9.60. The van der Waals surface area contributed by atoms with Gasteiger partial charge in [0.25, 0.3) is 5.91 Å². The van der Waals surface area contributed by atoms with Gasteiger partial charge in [-0.3, -0.25) is 4.79 Å². The van der Waals surface area contributed by atoms with Gasteiger partial charge >= 0.3 is 5.97 Å². The third-order valence-electron chi connectivity index (χ3n) is 2.97. The van der Waals surface area contributed by atoms with E-state index in [0.717, 1.165) is 12.8 Å². The maximum absolute atomic E-state index is 11.8. The molecule has 5 nitrogen and oxygen atoms in total. The van der Waals surface area contributed by atoms with Crippen molar-refractivity contribution in [2.45, 2.75) is 32.2 Å². The average Bonchev–Trinajstić information content (AvgIpc) is 2.97. The number of aliphatic carboxylic acids is 1. The fourth-order valence-corrected chi connectivity index (χ4v) is 1.76. The molecule has 1 fully saturated rings. The Kier molecular flexibility index (Phi) is 3.17. The molecule has 0 aliphatic heterocycles. The molecule has 1 saturated carbocycles. The van der Waals surface area contributed by atoms with Gasteiger partial charge in [-0.1, -0.05) is 12.8 Å². The number of carbonyl (C=O) groups excluding carboxylic acids is 1. The highest BCUT2D eigenvalue weighted by Gasteiger charge is 2.30. The van der Waals surface area contributed by atoms with Gasteiger partial charge in [0.15, 0.2) is 0 Å². The van der Waals surface area contributed by atoms with Crippen LogP contribution < -0.4 is 5.32 Å². The van der Waals surface area contributed by atoms with Crippen LogP contribution in [-0.4, -0.2) is 23.0 Å². The number of amides is 1. The van der Waals surface area contributed by atoms with Gasteiger partial charge in [0.2, 0.25) is 0 Å². The van der Waals surface area contributed by atoms with Crippen molar-refractivity contribution in [3.8, 4) is 0 Å². The molecule has 1 aliphatic rings. The number of carboxylic acids is 1. The number of carboxylic acid groups (broad SMARTS) is 1. The second-order valence-corrected chi connectivity index (χ2v) is 4.43. The lowest BCUT2D eigenvalue weighted by Crippen LogP contribution is -2.41. The molecule has 0 spiro atoms. The summed E-state index contributed by atoms with van der Waals surface area (Å²) in [5.74, 6) is -0.421. The summed E-state index contributed by atoms with van der Waals surface area (Å²) in [5, 5.41) is 11.6. The lowest BCUT2D eigenvalue weighted by atomic mass is 10.1. The Bertz CT molecular complexity index is 433. The van der Waals surface area contributed by atoms with E-state index >= 15 is 0 Å². The molecule has 2 N–H and O–H groups in total. The molecular weight excluding hydrogens is 222 g/mol. The zero-order valence-corrected chi connectivity index (χ0v) is 9.60. The topological polar surface area (TPSA) is 79.5 Å². The number of aryl methyl sites for hydroxylation is 1. The Morgan fingerprint density at radius 2 is 2.29 bits per heavy atom. The molecule has 0 saturated heterocycles. The first-order valence-electron chi connectivity index (χ1n) is 5.65. The van der Waals surface area contributed by atoms with Gasteiger partial charge in [0, 0.05) is 0 Å². The van der Waals surface area contributed by atoms with Gasteiger partial charge in [0.1, 0.15) is 11.8 Å². The summed E-state index contributed by atoms with van der Waals surface area (Å²) in [6, 6.07) is 0.741. The highest BCUT2D eigenvalue weighted by atomic mass is 16.4. The van der Waals surface area contributed by atoms with Gasteiger partial charge in [-0.25, -0.2) is 4.79 Å². The van der Waals surface area contributed by atoms with Crippen LogP contribution in [0, 0.1) is 12.8 Å². The van der Waals surface area contributed by atoms with Crippen LogP contribution in [0.25, 0.3) is 0 Å². The predicted molar refractivity (Wildman–Crippen MR) is 59.7 cm³/mol. The Hall–Kier alpha value is -1.78. The Balaban J connectivity index is 1.99. The molecule has 0 aromatic carbocycles. The first kappa shape index (κ1) is 11.7. The van der Waals surface area contributed by atoms with E-state index in [2.05, 4.69) is 5.32 Å². The molecule has 1 aliphatic carbocycles. The summed E-state index contributed by atoms with van der Waals surface area (Å²) in [4.78, 5) is 22.8. The minimum Gasteiger partial charge on any atom is -0.480 e. The monoisotopic (exact) mass is 237 g/mol. The van der Waals surface area contributed by atoms with Crippen molar-refractivity contribution < 1.29 is 19.1 Å². The third-order valence-corrected chi connectivity index (χ3v) is 2.97. The molecule has 1 heterocycles. The molecule has 0 radical (unpaired) electrons. The molecule has 92 valence electrons. The number of rotatable bonds is 5. The van der Waals surface area contributed by atoms with Gasteiger partial charge in [-0.05, 0) is 25.3 Å². The van der Waals surface area contributed by atoms with Crippen molar-refractivity contribution in [2.75, 3.05) is 0 Å². The quantitative estimate of drug-likeness (QED) is 0.814. The smallest absolute Gasteiger partial charge is 0.326 e. The number of carbonyl (C=O) groups is 2. The van der Waals surface area contributed by atoms with E-state index in [1.54, 1.807) is 13.0 Å². The molecule has 17 heavy (non-hydrogen) atoms. The summed E-state index contributed by atoms with van der Waals surface area (Å²) in [7, 11) is 0. The second-order valence-electron chi connectivity index (χ2n) is 4.43. The van der Waals surface area contributed by atoms with Crippen LogP contribution in [0.2, 0.25) is 0 Å². The lowest BCUT2D eigenvalue weighted by molar-refractivity contribution is -0.139. The molecule has 1 unspecified atom stereocenters. The van der Waals surface area contributed by atoms with Crippen LogP contribution in [0.3, 0.4) is 0 Å².